The van der Waals surface area contributed by atoms with E-state index in [1.807, 2.05) is 6.92 Å². The third-order valence-corrected chi connectivity index (χ3v) is 5.02. The van der Waals surface area contributed by atoms with Crippen molar-refractivity contribution in [3.8, 4) is 5.69 Å². The number of nitrogens with zero attached hydrogens (tertiary/aromatic N) is 3. The largest absolute Gasteiger partial charge is 0.469 e. The number of amides is 1. The van der Waals surface area contributed by atoms with Gasteiger partial charge in [0.25, 0.3) is 0 Å². The zero-order valence-electron chi connectivity index (χ0n) is 17.7. The molecule has 1 amide bonds. The summed E-state index contributed by atoms with van der Waals surface area (Å²) in [6.07, 6.45) is -4.42. The maximum Gasteiger partial charge on any atom is 0.416 e. The molecule has 0 radical (unpaired) electrons. The van der Waals surface area contributed by atoms with Crippen molar-refractivity contribution in [1.82, 2.24) is 14.7 Å². The number of aryl methyl sites for hydroxylation is 1. The van der Waals surface area contributed by atoms with Crippen LogP contribution in [0.15, 0.2) is 24.3 Å². The fraction of sp³-hybridized carbons (Fsp3) is 0.476. The van der Waals surface area contributed by atoms with Crippen LogP contribution in [0.4, 0.5) is 13.2 Å². The molecule has 0 aliphatic heterocycles. The van der Waals surface area contributed by atoms with Crippen LogP contribution in [0.5, 0.6) is 0 Å². The van der Waals surface area contributed by atoms with E-state index >= 15 is 0 Å². The van der Waals surface area contributed by atoms with Crippen molar-refractivity contribution in [2.24, 2.45) is 5.92 Å². The molecule has 1 heterocycles. The van der Waals surface area contributed by atoms with Gasteiger partial charge in [-0.25, -0.2) is 4.68 Å². The molecule has 0 aliphatic carbocycles. The minimum absolute atomic E-state index is 0.0400. The van der Waals surface area contributed by atoms with Gasteiger partial charge in [-0.05, 0) is 39.0 Å². The second-order valence-electron chi connectivity index (χ2n) is 7.14. The predicted molar refractivity (Wildman–Crippen MR) is 105 cm³/mol. The highest BCUT2D eigenvalue weighted by Gasteiger charge is 2.31. The molecular weight excluding hydrogens is 399 g/mol. The molecule has 0 aliphatic rings. The number of carbonyl (C=O) groups is 2. The van der Waals surface area contributed by atoms with Gasteiger partial charge in [0.2, 0.25) is 5.91 Å². The Hall–Kier alpha value is -2.84. The van der Waals surface area contributed by atoms with Gasteiger partial charge in [0, 0.05) is 24.3 Å². The molecule has 1 aromatic carbocycles. The first-order valence-corrected chi connectivity index (χ1v) is 9.57. The van der Waals surface area contributed by atoms with Gasteiger partial charge in [-0.3, -0.25) is 9.59 Å². The lowest BCUT2D eigenvalue weighted by atomic mass is 10.1. The molecule has 0 spiro atoms. The molecule has 9 heteroatoms. The maximum absolute atomic E-state index is 13.0. The number of methoxy groups -OCH3 is 1. The van der Waals surface area contributed by atoms with Gasteiger partial charge in [0.15, 0.2) is 0 Å². The van der Waals surface area contributed by atoms with E-state index in [0.717, 1.165) is 12.1 Å². The van der Waals surface area contributed by atoms with Gasteiger partial charge in [-0.2, -0.15) is 18.3 Å². The van der Waals surface area contributed by atoms with E-state index in [4.69, 9.17) is 4.74 Å². The summed E-state index contributed by atoms with van der Waals surface area (Å²) in [5.41, 5.74) is 1.32. The summed E-state index contributed by atoms with van der Waals surface area (Å²) in [4.78, 5) is 26.0. The lowest BCUT2D eigenvalue weighted by Crippen LogP contribution is -2.38. The number of esters is 1. The molecule has 1 atom stereocenters. The van der Waals surface area contributed by atoms with Gasteiger partial charge in [0.05, 0.1) is 36.4 Å². The highest BCUT2D eigenvalue weighted by atomic mass is 19.4. The Bertz CT molecular complexity index is 922. The average molecular weight is 425 g/mol. The number of likely N-dealkylation sites (N-methyl/N-ethyl adjacent to an activating group) is 1. The first-order valence-electron chi connectivity index (χ1n) is 9.57. The number of rotatable bonds is 7. The summed E-state index contributed by atoms with van der Waals surface area (Å²) in [6, 6.07) is 4.89. The Morgan fingerprint density at radius 1 is 1.27 bits per heavy atom. The molecule has 6 nitrogen and oxygen atoms in total. The van der Waals surface area contributed by atoms with Gasteiger partial charge in [-0.15, -0.1) is 0 Å². The first kappa shape index (κ1) is 23.4. The van der Waals surface area contributed by atoms with Crippen molar-refractivity contribution in [2.75, 3.05) is 20.2 Å². The molecule has 0 saturated carbocycles. The molecule has 0 bridgehead atoms. The van der Waals surface area contributed by atoms with Gasteiger partial charge in [0.1, 0.15) is 0 Å². The summed E-state index contributed by atoms with van der Waals surface area (Å²) in [7, 11) is 1.30. The number of aromatic nitrogens is 2. The molecule has 0 fully saturated rings. The van der Waals surface area contributed by atoms with Crippen LogP contribution in [0.25, 0.3) is 5.69 Å². The molecule has 0 saturated heterocycles. The summed E-state index contributed by atoms with van der Waals surface area (Å²) >= 11 is 0. The monoisotopic (exact) mass is 425 g/mol. The molecule has 30 heavy (non-hydrogen) atoms. The second kappa shape index (κ2) is 9.32. The van der Waals surface area contributed by atoms with E-state index in [9.17, 15) is 22.8 Å². The average Bonchev–Trinajstić information content (AvgIpc) is 2.98. The quantitative estimate of drug-likeness (QED) is 0.635. The van der Waals surface area contributed by atoms with Crippen LogP contribution in [-0.4, -0.2) is 46.8 Å². The molecule has 164 valence electrons. The number of halogens is 3. The van der Waals surface area contributed by atoms with Crippen LogP contribution in [0.2, 0.25) is 0 Å². The third kappa shape index (κ3) is 5.20. The second-order valence-corrected chi connectivity index (χ2v) is 7.14. The number of ether oxygens (including phenoxy) is 1. The standard InChI is InChI=1S/C21H26F3N3O3/c1-6-26(12-13(2)20(29)30-5)19(28)11-18-14(3)25-27(15(18)4)17-9-7-8-16(10-17)21(22,23)24/h7-10,13H,6,11-12H2,1-5H3. The van der Waals surface area contributed by atoms with Gasteiger partial charge < -0.3 is 9.64 Å². The fourth-order valence-electron chi connectivity index (χ4n) is 3.27. The topological polar surface area (TPSA) is 64.4 Å². The molecule has 0 N–H and O–H groups in total. The number of alkyl halides is 3. The Kier molecular flexibility index (Phi) is 7.28. The Morgan fingerprint density at radius 2 is 1.93 bits per heavy atom. The van der Waals surface area contributed by atoms with Crippen molar-refractivity contribution in [3.05, 3.63) is 46.8 Å². The number of hydrogen-bond donors (Lipinski definition) is 0. The summed E-state index contributed by atoms with van der Waals surface area (Å²) in [5, 5.41) is 4.35. The number of benzene rings is 1. The zero-order valence-corrected chi connectivity index (χ0v) is 17.7. The lowest BCUT2D eigenvalue weighted by Gasteiger charge is -2.23. The van der Waals surface area contributed by atoms with Crippen LogP contribution in [0.3, 0.4) is 0 Å². The minimum atomic E-state index is -4.46. The first-order chi connectivity index (χ1) is 14.0. The van der Waals surface area contributed by atoms with E-state index in [1.54, 1.807) is 25.7 Å². The normalized spacial score (nSPS) is 12.5. The number of carbonyl (C=O) groups excluding carboxylic acids is 2. The Labute approximate surface area is 173 Å². The maximum atomic E-state index is 13.0. The molecular formula is C21H26F3N3O3. The highest BCUT2D eigenvalue weighted by Crippen LogP contribution is 2.31. The zero-order chi connectivity index (χ0) is 22.6. The molecule has 2 aromatic rings. The van der Waals surface area contributed by atoms with Crippen molar-refractivity contribution in [3.63, 3.8) is 0 Å². The molecule has 1 aromatic heterocycles. The Morgan fingerprint density at radius 3 is 2.50 bits per heavy atom. The third-order valence-electron chi connectivity index (χ3n) is 5.02. The predicted octanol–water partition coefficient (Wildman–Crippen LogP) is 3.71. The molecule has 2 rings (SSSR count). The minimum Gasteiger partial charge on any atom is -0.469 e. The van der Waals surface area contributed by atoms with Crippen LogP contribution < -0.4 is 0 Å². The summed E-state index contributed by atoms with van der Waals surface area (Å²) in [6.45, 7) is 7.57. The Balaban J connectivity index is 2.27. The van der Waals surface area contributed by atoms with Crippen LogP contribution in [-0.2, 0) is 26.9 Å². The van der Waals surface area contributed by atoms with Crippen LogP contribution >= 0.6 is 0 Å². The van der Waals surface area contributed by atoms with Gasteiger partial charge in [-0.1, -0.05) is 13.0 Å². The van der Waals surface area contributed by atoms with Crippen LogP contribution in [0, 0.1) is 19.8 Å². The van der Waals surface area contributed by atoms with E-state index in [1.165, 1.54) is 23.9 Å². The van der Waals surface area contributed by atoms with E-state index < -0.39 is 23.6 Å². The van der Waals surface area contributed by atoms with E-state index in [2.05, 4.69) is 5.10 Å². The van der Waals surface area contributed by atoms with Crippen molar-refractivity contribution in [1.29, 1.82) is 0 Å². The van der Waals surface area contributed by atoms with Crippen molar-refractivity contribution < 1.29 is 27.5 Å². The van der Waals surface area contributed by atoms with E-state index in [0.29, 0.717) is 23.5 Å². The summed E-state index contributed by atoms with van der Waals surface area (Å²) < 4.78 is 45.3. The smallest absolute Gasteiger partial charge is 0.416 e. The SMILES string of the molecule is CCN(CC(C)C(=O)OC)C(=O)Cc1c(C)nn(-c2cccc(C(F)(F)F)c2)c1C. The number of hydrogen-bond acceptors (Lipinski definition) is 4. The van der Waals surface area contributed by atoms with Crippen LogP contribution in [0.1, 0.15) is 36.4 Å². The highest BCUT2D eigenvalue weighted by molar-refractivity contribution is 5.80. The summed E-state index contributed by atoms with van der Waals surface area (Å²) in [5.74, 6) is -1.05. The lowest BCUT2D eigenvalue weighted by molar-refractivity contribution is -0.146. The van der Waals surface area contributed by atoms with Crippen molar-refractivity contribution >= 4 is 11.9 Å². The van der Waals surface area contributed by atoms with E-state index in [-0.39, 0.29) is 24.6 Å². The van der Waals surface area contributed by atoms with Gasteiger partial charge >= 0.3 is 12.1 Å². The fourth-order valence-corrected chi connectivity index (χ4v) is 3.27. The van der Waals surface area contributed by atoms with Crippen molar-refractivity contribution in [2.45, 2.75) is 40.3 Å². The molecule has 1 unspecified atom stereocenters.